The van der Waals surface area contributed by atoms with E-state index in [1.807, 2.05) is 13.0 Å². The van der Waals surface area contributed by atoms with E-state index in [4.69, 9.17) is 15.1 Å². The minimum atomic E-state index is -0.282. The van der Waals surface area contributed by atoms with Crippen LogP contribution < -0.4 is 4.90 Å². The molecule has 0 spiro atoms. The molecule has 2 aliphatic rings. The molecule has 0 N–H and O–H groups in total. The van der Waals surface area contributed by atoms with Gasteiger partial charge in [0.25, 0.3) is 0 Å². The van der Waals surface area contributed by atoms with Gasteiger partial charge in [0.15, 0.2) is 5.65 Å². The van der Waals surface area contributed by atoms with E-state index >= 15 is 0 Å². The van der Waals surface area contributed by atoms with Gasteiger partial charge in [0, 0.05) is 38.5 Å². The first-order valence-electron chi connectivity index (χ1n) is 14.1. The van der Waals surface area contributed by atoms with Crippen molar-refractivity contribution in [3.05, 3.63) is 77.5 Å². The Labute approximate surface area is 228 Å². The Hall–Kier alpha value is -3.81. The SMILES string of the molecule is CCCCc1nc(N2CCCN(C(=O)C3C[C@H]3c3ccccc3)CC2)c2c(C)nn(-c3ccc(F)cc3)c2n1. The summed E-state index contributed by atoms with van der Waals surface area (Å²) in [5.41, 5.74) is 3.62. The Morgan fingerprint density at radius 3 is 2.56 bits per heavy atom. The first-order chi connectivity index (χ1) is 19.0. The lowest BCUT2D eigenvalue weighted by molar-refractivity contribution is -0.132. The highest BCUT2D eigenvalue weighted by molar-refractivity contribution is 5.91. The molecule has 2 fully saturated rings. The summed E-state index contributed by atoms with van der Waals surface area (Å²) in [5, 5.41) is 5.72. The first-order valence-corrected chi connectivity index (χ1v) is 14.1. The quantitative estimate of drug-likeness (QED) is 0.321. The lowest BCUT2D eigenvalue weighted by atomic mass is 10.1. The highest BCUT2D eigenvalue weighted by Gasteiger charge is 2.45. The van der Waals surface area contributed by atoms with Gasteiger partial charge in [-0.3, -0.25) is 4.79 Å². The molecular formula is C31H35FN6O. The van der Waals surface area contributed by atoms with E-state index in [-0.39, 0.29) is 17.6 Å². The third-order valence-corrected chi connectivity index (χ3v) is 8.00. The van der Waals surface area contributed by atoms with E-state index in [1.165, 1.54) is 17.7 Å². The third kappa shape index (κ3) is 5.12. The number of carbonyl (C=O) groups is 1. The van der Waals surface area contributed by atoms with Gasteiger partial charge in [0.05, 0.1) is 16.8 Å². The third-order valence-electron chi connectivity index (χ3n) is 8.00. The second kappa shape index (κ2) is 10.8. The van der Waals surface area contributed by atoms with Crippen LogP contribution in [0.15, 0.2) is 54.6 Å². The zero-order chi connectivity index (χ0) is 26.9. The fourth-order valence-electron chi connectivity index (χ4n) is 5.76. The second-order valence-corrected chi connectivity index (χ2v) is 10.8. The maximum atomic E-state index is 13.6. The fraction of sp³-hybridized carbons (Fsp3) is 0.419. The van der Waals surface area contributed by atoms with Crippen molar-refractivity contribution in [2.24, 2.45) is 5.92 Å². The number of unbranched alkanes of at least 4 members (excludes halogenated alkanes) is 1. The minimum absolute atomic E-state index is 0.0986. The Bertz CT molecular complexity index is 1470. The number of anilines is 1. The van der Waals surface area contributed by atoms with Gasteiger partial charge in [-0.1, -0.05) is 43.7 Å². The summed E-state index contributed by atoms with van der Waals surface area (Å²) in [6.07, 6.45) is 4.67. The largest absolute Gasteiger partial charge is 0.354 e. The summed E-state index contributed by atoms with van der Waals surface area (Å²) >= 11 is 0. The van der Waals surface area contributed by atoms with E-state index in [0.717, 1.165) is 85.8 Å². The lowest BCUT2D eigenvalue weighted by Crippen LogP contribution is -2.36. The molecule has 1 aliphatic carbocycles. The van der Waals surface area contributed by atoms with Gasteiger partial charge in [-0.05, 0) is 61.9 Å². The molecule has 1 saturated carbocycles. The number of halogens is 1. The number of aryl methyl sites for hydroxylation is 2. The molecule has 1 unspecified atom stereocenters. The predicted molar refractivity (Wildman–Crippen MR) is 151 cm³/mol. The Morgan fingerprint density at radius 2 is 1.79 bits per heavy atom. The summed E-state index contributed by atoms with van der Waals surface area (Å²) in [4.78, 5) is 27.7. The molecule has 1 amide bonds. The number of carbonyl (C=O) groups excluding carboxylic acids is 1. The first kappa shape index (κ1) is 25.5. The average Bonchev–Trinajstić information content (AvgIpc) is 3.74. The summed E-state index contributed by atoms with van der Waals surface area (Å²) < 4.78 is 15.4. The molecule has 2 atom stereocenters. The number of amides is 1. The second-order valence-electron chi connectivity index (χ2n) is 10.8. The molecule has 1 aliphatic heterocycles. The maximum absolute atomic E-state index is 13.6. The number of benzene rings is 2. The van der Waals surface area contributed by atoms with Crippen molar-refractivity contribution in [3.63, 3.8) is 0 Å². The van der Waals surface area contributed by atoms with Gasteiger partial charge >= 0.3 is 0 Å². The Balaban J connectivity index is 1.27. The van der Waals surface area contributed by atoms with Gasteiger partial charge in [-0.15, -0.1) is 0 Å². The minimum Gasteiger partial charge on any atom is -0.354 e. The maximum Gasteiger partial charge on any atom is 0.226 e. The molecule has 1 saturated heterocycles. The zero-order valence-electron chi connectivity index (χ0n) is 22.7. The van der Waals surface area contributed by atoms with Crippen molar-refractivity contribution in [2.75, 3.05) is 31.1 Å². The summed E-state index contributed by atoms with van der Waals surface area (Å²) in [6, 6.07) is 16.7. The number of hydrogen-bond acceptors (Lipinski definition) is 5. The number of hydrogen-bond donors (Lipinski definition) is 0. The number of rotatable bonds is 7. The van der Waals surface area contributed by atoms with E-state index in [2.05, 4.69) is 41.0 Å². The van der Waals surface area contributed by atoms with Crippen LogP contribution in [0.5, 0.6) is 0 Å². The molecular weight excluding hydrogens is 491 g/mol. The molecule has 7 nitrogen and oxygen atoms in total. The molecule has 3 heterocycles. The van der Waals surface area contributed by atoms with Crippen molar-refractivity contribution >= 4 is 22.8 Å². The zero-order valence-corrected chi connectivity index (χ0v) is 22.7. The highest BCUT2D eigenvalue weighted by atomic mass is 19.1. The molecule has 39 heavy (non-hydrogen) atoms. The molecule has 202 valence electrons. The number of nitrogens with zero attached hydrogens (tertiary/aromatic N) is 6. The van der Waals surface area contributed by atoms with Crippen LogP contribution in [-0.4, -0.2) is 56.7 Å². The van der Waals surface area contributed by atoms with Crippen LogP contribution >= 0.6 is 0 Å². The monoisotopic (exact) mass is 526 g/mol. The smallest absolute Gasteiger partial charge is 0.226 e. The molecule has 2 aromatic heterocycles. The molecule has 8 heteroatoms. The van der Waals surface area contributed by atoms with E-state index < -0.39 is 0 Å². The summed E-state index contributed by atoms with van der Waals surface area (Å²) in [6.45, 7) is 7.11. The van der Waals surface area contributed by atoms with Crippen LogP contribution in [0.4, 0.5) is 10.2 Å². The average molecular weight is 527 g/mol. The van der Waals surface area contributed by atoms with Crippen molar-refractivity contribution in [1.29, 1.82) is 0 Å². The lowest BCUT2D eigenvalue weighted by Gasteiger charge is -2.24. The van der Waals surface area contributed by atoms with Gasteiger partial charge in [0.2, 0.25) is 5.91 Å². The molecule has 6 rings (SSSR count). The van der Waals surface area contributed by atoms with Gasteiger partial charge in [0.1, 0.15) is 17.5 Å². The van der Waals surface area contributed by atoms with E-state index in [9.17, 15) is 9.18 Å². The van der Waals surface area contributed by atoms with Gasteiger partial charge in [-0.2, -0.15) is 5.10 Å². The van der Waals surface area contributed by atoms with Crippen LogP contribution in [-0.2, 0) is 11.2 Å². The predicted octanol–water partition coefficient (Wildman–Crippen LogP) is 5.45. The van der Waals surface area contributed by atoms with E-state index in [0.29, 0.717) is 12.5 Å². The van der Waals surface area contributed by atoms with Gasteiger partial charge < -0.3 is 9.80 Å². The van der Waals surface area contributed by atoms with Crippen LogP contribution in [0.2, 0.25) is 0 Å². The standard InChI is InChI=1S/C31H35FN6O/c1-3-4-11-27-33-29(28-21(2)35-38(30(28)34-27)24-14-12-23(32)13-15-24)36-16-8-17-37(19-18-36)31(39)26-20-25(26)22-9-6-5-7-10-22/h5-7,9-10,12-15,25-26H,3-4,8,11,16-20H2,1-2H3/t25-,26?/m0/s1. The fourth-order valence-corrected chi connectivity index (χ4v) is 5.76. The van der Waals surface area contributed by atoms with Crippen LogP contribution in [0.1, 0.15) is 55.6 Å². The molecule has 2 aromatic carbocycles. The summed E-state index contributed by atoms with van der Waals surface area (Å²) in [7, 11) is 0. The van der Waals surface area contributed by atoms with Gasteiger partial charge in [-0.25, -0.2) is 19.0 Å². The van der Waals surface area contributed by atoms with Crippen molar-refractivity contribution in [2.45, 2.75) is 51.9 Å². The molecule has 4 aromatic rings. The Morgan fingerprint density at radius 1 is 1.00 bits per heavy atom. The molecule has 0 radical (unpaired) electrons. The number of fused-ring (bicyclic) bond motifs is 1. The molecule has 0 bridgehead atoms. The van der Waals surface area contributed by atoms with E-state index in [1.54, 1.807) is 16.8 Å². The van der Waals surface area contributed by atoms with Crippen molar-refractivity contribution < 1.29 is 9.18 Å². The number of aromatic nitrogens is 4. The summed E-state index contributed by atoms with van der Waals surface area (Å²) in [5.74, 6) is 2.13. The van der Waals surface area contributed by atoms with Crippen molar-refractivity contribution in [1.82, 2.24) is 24.6 Å². The van der Waals surface area contributed by atoms with Crippen molar-refractivity contribution in [3.8, 4) is 5.69 Å². The normalized spacial score (nSPS) is 19.4. The van der Waals surface area contributed by atoms with Crippen LogP contribution in [0.25, 0.3) is 16.7 Å². The Kier molecular flexibility index (Phi) is 7.02. The topological polar surface area (TPSA) is 67.2 Å². The highest BCUT2D eigenvalue weighted by Crippen LogP contribution is 2.48. The van der Waals surface area contributed by atoms with Crippen LogP contribution in [0, 0.1) is 18.7 Å². The van der Waals surface area contributed by atoms with Crippen LogP contribution in [0.3, 0.4) is 0 Å².